The van der Waals surface area contributed by atoms with Gasteiger partial charge < -0.3 is 9.64 Å². The van der Waals surface area contributed by atoms with E-state index in [-0.39, 0.29) is 12.5 Å². The van der Waals surface area contributed by atoms with Crippen molar-refractivity contribution in [3.8, 4) is 0 Å². The minimum absolute atomic E-state index is 0.0121. The summed E-state index contributed by atoms with van der Waals surface area (Å²) < 4.78 is 5.05. The molecule has 76 valence electrons. The van der Waals surface area contributed by atoms with E-state index in [1.54, 1.807) is 11.0 Å². The monoisotopic (exact) mass is 193 g/mol. The number of rotatable bonds is 3. The van der Waals surface area contributed by atoms with Crippen molar-refractivity contribution in [3.63, 3.8) is 0 Å². The lowest BCUT2D eigenvalue weighted by atomic mass is 10.3. The number of allylic oxidation sites excluding steroid dienone is 4. The predicted octanol–water partition coefficient (Wildman–Crippen LogP) is 1.49. The fourth-order valence-corrected chi connectivity index (χ4v) is 1.30. The maximum Gasteiger partial charge on any atom is 0.253 e. The Hall–Kier alpha value is -1.35. The molecule has 0 atom stereocenters. The van der Waals surface area contributed by atoms with E-state index >= 15 is 0 Å². The van der Waals surface area contributed by atoms with Crippen LogP contribution in [-0.4, -0.2) is 30.6 Å². The van der Waals surface area contributed by atoms with Crippen molar-refractivity contribution in [2.24, 2.45) is 0 Å². The molecule has 0 aliphatic carbocycles. The van der Waals surface area contributed by atoms with Crippen molar-refractivity contribution in [3.05, 3.63) is 36.6 Å². The zero-order chi connectivity index (χ0) is 10.4. The van der Waals surface area contributed by atoms with E-state index in [9.17, 15) is 4.79 Å². The van der Waals surface area contributed by atoms with Gasteiger partial charge >= 0.3 is 0 Å². The highest BCUT2D eigenvalue weighted by Gasteiger charge is 2.19. The molecule has 1 rings (SSSR count). The maximum absolute atomic E-state index is 11.5. The Bertz CT molecular complexity index is 279. The highest BCUT2D eigenvalue weighted by molar-refractivity contribution is 5.80. The second kappa shape index (κ2) is 5.40. The van der Waals surface area contributed by atoms with Crippen LogP contribution in [0.15, 0.2) is 36.6 Å². The summed E-state index contributed by atoms with van der Waals surface area (Å²) in [5, 5.41) is 0. The number of hydrogen-bond donors (Lipinski definition) is 0. The Morgan fingerprint density at radius 1 is 1.64 bits per heavy atom. The zero-order valence-corrected chi connectivity index (χ0v) is 8.40. The number of hydrogen-bond acceptors (Lipinski definition) is 2. The predicted molar refractivity (Wildman–Crippen MR) is 55.6 cm³/mol. The average Bonchev–Trinajstić information content (AvgIpc) is 2.21. The lowest BCUT2D eigenvalue weighted by molar-refractivity contribution is -0.139. The molecule has 0 aromatic heterocycles. The molecule has 0 bridgehead atoms. The molecule has 1 amide bonds. The van der Waals surface area contributed by atoms with Gasteiger partial charge in [0.1, 0.15) is 6.61 Å². The molecular formula is C11H15NO2. The molecule has 3 heteroatoms. The molecule has 1 fully saturated rings. The van der Waals surface area contributed by atoms with Gasteiger partial charge in [-0.3, -0.25) is 4.79 Å². The summed E-state index contributed by atoms with van der Waals surface area (Å²) in [5.41, 5.74) is 0.901. The van der Waals surface area contributed by atoms with Crippen LogP contribution >= 0.6 is 0 Å². The van der Waals surface area contributed by atoms with Crippen LogP contribution in [0.5, 0.6) is 0 Å². The number of ether oxygens (including phenoxy) is 1. The minimum atomic E-state index is 0.0121. The molecule has 0 radical (unpaired) electrons. The number of carbonyl (C=O) groups is 1. The fraction of sp³-hybridized carbons (Fsp3) is 0.364. The van der Waals surface area contributed by atoms with E-state index in [0.29, 0.717) is 13.2 Å². The summed E-state index contributed by atoms with van der Waals surface area (Å²) in [6.45, 7) is 6.90. The third kappa shape index (κ3) is 2.57. The first kappa shape index (κ1) is 10.7. The molecule has 3 nitrogen and oxygen atoms in total. The Kier molecular flexibility index (Phi) is 4.13. The standard InChI is InChI=1S/C11H15NO2/c1-3-5-6-10(4-2)12-7-8-14-9-11(12)13/h3-6H,1,7-9H2,2H3. The summed E-state index contributed by atoms with van der Waals surface area (Å²) in [6, 6.07) is 0. The van der Waals surface area contributed by atoms with E-state index in [0.717, 1.165) is 5.70 Å². The Morgan fingerprint density at radius 3 is 3.00 bits per heavy atom. The Morgan fingerprint density at radius 2 is 2.43 bits per heavy atom. The van der Waals surface area contributed by atoms with Crippen molar-refractivity contribution < 1.29 is 9.53 Å². The van der Waals surface area contributed by atoms with Crippen molar-refractivity contribution in [2.75, 3.05) is 19.8 Å². The van der Waals surface area contributed by atoms with Gasteiger partial charge in [-0.25, -0.2) is 0 Å². The van der Waals surface area contributed by atoms with Gasteiger partial charge in [-0.1, -0.05) is 24.8 Å². The molecule has 0 unspecified atom stereocenters. The Balaban J connectivity index is 2.72. The smallest absolute Gasteiger partial charge is 0.253 e. The second-order valence-electron chi connectivity index (χ2n) is 2.91. The first-order valence-electron chi connectivity index (χ1n) is 4.63. The third-order valence-corrected chi connectivity index (χ3v) is 2.00. The van der Waals surface area contributed by atoms with Crippen molar-refractivity contribution >= 4 is 5.91 Å². The lowest BCUT2D eigenvalue weighted by Gasteiger charge is -2.27. The van der Waals surface area contributed by atoms with Gasteiger partial charge in [0.05, 0.1) is 6.61 Å². The van der Waals surface area contributed by atoms with Gasteiger partial charge in [-0.2, -0.15) is 0 Å². The van der Waals surface area contributed by atoms with E-state index in [1.165, 1.54) is 0 Å². The van der Waals surface area contributed by atoms with Crippen LogP contribution in [0.25, 0.3) is 0 Å². The van der Waals surface area contributed by atoms with Crippen LogP contribution < -0.4 is 0 Å². The zero-order valence-electron chi connectivity index (χ0n) is 8.40. The molecule has 0 saturated carbocycles. The molecule has 0 aromatic rings. The van der Waals surface area contributed by atoms with Crippen LogP contribution in [0.4, 0.5) is 0 Å². The van der Waals surface area contributed by atoms with Gasteiger partial charge in [0, 0.05) is 12.2 Å². The number of amides is 1. The summed E-state index contributed by atoms with van der Waals surface area (Å²) in [7, 11) is 0. The van der Waals surface area contributed by atoms with Crippen LogP contribution in [0.3, 0.4) is 0 Å². The molecule has 0 aromatic carbocycles. The second-order valence-corrected chi connectivity index (χ2v) is 2.91. The molecule has 0 spiro atoms. The molecular weight excluding hydrogens is 178 g/mol. The highest BCUT2D eigenvalue weighted by Crippen LogP contribution is 2.10. The van der Waals surface area contributed by atoms with Crippen LogP contribution in [0.1, 0.15) is 6.92 Å². The van der Waals surface area contributed by atoms with E-state index < -0.39 is 0 Å². The summed E-state index contributed by atoms with van der Waals surface area (Å²) in [4.78, 5) is 13.2. The maximum atomic E-state index is 11.5. The van der Waals surface area contributed by atoms with Crippen molar-refractivity contribution in [1.29, 1.82) is 0 Å². The molecule has 1 aliphatic rings. The van der Waals surface area contributed by atoms with E-state index in [2.05, 4.69) is 6.58 Å². The average molecular weight is 193 g/mol. The van der Waals surface area contributed by atoms with Crippen molar-refractivity contribution in [1.82, 2.24) is 4.90 Å². The SMILES string of the molecule is C=CC=CC(=CC)N1CCOCC1=O. The number of carbonyl (C=O) groups excluding carboxylic acids is 1. The third-order valence-electron chi connectivity index (χ3n) is 2.00. The van der Waals surface area contributed by atoms with Crippen LogP contribution in [0.2, 0.25) is 0 Å². The van der Waals surface area contributed by atoms with Crippen LogP contribution in [0, 0.1) is 0 Å². The molecule has 14 heavy (non-hydrogen) atoms. The van der Waals surface area contributed by atoms with Gasteiger partial charge in [0.15, 0.2) is 0 Å². The summed E-state index contributed by atoms with van der Waals surface area (Å²) >= 11 is 0. The van der Waals surface area contributed by atoms with Gasteiger partial charge in [-0.15, -0.1) is 0 Å². The lowest BCUT2D eigenvalue weighted by Crippen LogP contribution is -2.40. The molecule has 0 N–H and O–H groups in total. The quantitative estimate of drug-likeness (QED) is 0.635. The highest BCUT2D eigenvalue weighted by atomic mass is 16.5. The molecule has 1 aliphatic heterocycles. The van der Waals surface area contributed by atoms with E-state index in [4.69, 9.17) is 4.74 Å². The largest absolute Gasteiger partial charge is 0.370 e. The van der Waals surface area contributed by atoms with E-state index in [1.807, 2.05) is 25.2 Å². The molecule has 1 heterocycles. The summed E-state index contributed by atoms with van der Waals surface area (Å²) in [5.74, 6) is 0.0121. The normalized spacial score (nSPS) is 19.1. The van der Waals surface area contributed by atoms with Gasteiger partial charge in [0.25, 0.3) is 5.91 Å². The van der Waals surface area contributed by atoms with Crippen molar-refractivity contribution in [2.45, 2.75) is 6.92 Å². The number of nitrogens with zero attached hydrogens (tertiary/aromatic N) is 1. The summed E-state index contributed by atoms with van der Waals surface area (Å²) in [6.07, 6.45) is 7.28. The molecule has 1 saturated heterocycles. The fourth-order valence-electron chi connectivity index (χ4n) is 1.30. The Labute approximate surface area is 84.3 Å². The van der Waals surface area contributed by atoms with Crippen LogP contribution in [-0.2, 0) is 9.53 Å². The van der Waals surface area contributed by atoms with Gasteiger partial charge in [0.2, 0.25) is 0 Å². The minimum Gasteiger partial charge on any atom is -0.370 e. The van der Waals surface area contributed by atoms with Gasteiger partial charge in [-0.05, 0) is 13.0 Å². The topological polar surface area (TPSA) is 29.5 Å². The first-order chi connectivity index (χ1) is 6.79. The first-order valence-corrected chi connectivity index (χ1v) is 4.63. The number of morpholine rings is 1.